The quantitative estimate of drug-likeness (QED) is 0.634. The molecule has 72 valence electrons. The number of aliphatic hydroxyl groups excluding tert-OH is 1. The average molecular weight is 181 g/mol. The Labute approximate surface area is 77.4 Å². The molecule has 0 bridgehead atoms. The van der Waals surface area contributed by atoms with Crippen LogP contribution < -0.4 is 5.32 Å². The summed E-state index contributed by atoms with van der Waals surface area (Å²) in [4.78, 5) is 0. The Morgan fingerprint density at radius 2 is 2.54 bits per heavy atom. The molecular weight excluding hydrogens is 166 g/mol. The summed E-state index contributed by atoms with van der Waals surface area (Å²) in [7, 11) is 0. The first kappa shape index (κ1) is 8.72. The maximum atomic E-state index is 9.15. The van der Waals surface area contributed by atoms with E-state index in [1.54, 1.807) is 0 Å². The molecule has 1 aliphatic carbocycles. The van der Waals surface area contributed by atoms with Crippen molar-refractivity contribution < 1.29 is 5.11 Å². The highest BCUT2D eigenvalue weighted by Crippen LogP contribution is 2.23. The Morgan fingerprint density at radius 3 is 3.00 bits per heavy atom. The fourth-order valence-electron chi connectivity index (χ4n) is 1.38. The third kappa shape index (κ3) is 2.08. The summed E-state index contributed by atoms with van der Waals surface area (Å²) in [5, 5.41) is 19.5. The predicted molar refractivity (Wildman–Crippen MR) is 49.3 cm³/mol. The van der Waals surface area contributed by atoms with Gasteiger partial charge in [0.1, 0.15) is 0 Å². The zero-order valence-electron chi connectivity index (χ0n) is 7.75. The van der Waals surface area contributed by atoms with Crippen LogP contribution in [0, 0.1) is 6.92 Å². The number of rotatable bonds is 4. The number of nitrogens with one attached hydrogen (secondary N) is 2. The van der Waals surface area contributed by atoms with Crippen molar-refractivity contribution in [2.24, 2.45) is 0 Å². The monoisotopic (exact) mass is 181 g/mol. The van der Waals surface area contributed by atoms with Crippen molar-refractivity contribution in [3.05, 3.63) is 17.5 Å². The van der Waals surface area contributed by atoms with Crippen LogP contribution in [0.4, 0.5) is 0 Å². The first-order valence-electron chi connectivity index (χ1n) is 4.68. The van der Waals surface area contributed by atoms with Gasteiger partial charge in [-0.25, -0.2) is 0 Å². The molecular formula is C9H15N3O. The number of hydrogen-bond acceptors (Lipinski definition) is 3. The van der Waals surface area contributed by atoms with Crippen molar-refractivity contribution in [1.29, 1.82) is 0 Å². The molecule has 0 spiro atoms. The first-order chi connectivity index (χ1) is 6.29. The molecule has 13 heavy (non-hydrogen) atoms. The molecule has 1 fully saturated rings. The maximum Gasteiger partial charge on any atom is 0.0817 e. The van der Waals surface area contributed by atoms with Crippen molar-refractivity contribution in [2.75, 3.05) is 6.61 Å². The van der Waals surface area contributed by atoms with Crippen LogP contribution in [0.25, 0.3) is 0 Å². The van der Waals surface area contributed by atoms with Crippen LogP contribution in [0.1, 0.15) is 30.3 Å². The molecule has 1 saturated carbocycles. The van der Waals surface area contributed by atoms with Gasteiger partial charge in [0.25, 0.3) is 0 Å². The fourth-order valence-corrected chi connectivity index (χ4v) is 1.38. The first-order valence-corrected chi connectivity index (χ1v) is 4.68. The number of nitrogens with zero attached hydrogens (tertiary/aromatic N) is 1. The van der Waals surface area contributed by atoms with E-state index in [0.717, 1.165) is 11.4 Å². The van der Waals surface area contributed by atoms with Gasteiger partial charge in [-0.15, -0.1) is 0 Å². The van der Waals surface area contributed by atoms with Gasteiger partial charge in [0.15, 0.2) is 0 Å². The van der Waals surface area contributed by atoms with Gasteiger partial charge in [0, 0.05) is 11.7 Å². The second kappa shape index (κ2) is 3.47. The van der Waals surface area contributed by atoms with E-state index in [0.29, 0.717) is 6.04 Å². The lowest BCUT2D eigenvalue weighted by Gasteiger charge is -2.12. The second-order valence-electron chi connectivity index (χ2n) is 3.65. The average Bonchev–Trinajstić information content (AvgIpc) is 2.84. The molecule has 1 aromatic rings. The van der Waals surface area contributed by atoms with E-state index < -0.39 is 0 Å². The highest BCUT2D eigenvalue weighted by molar-refractivity contribution is 5.12. The molecule has 3 N–H and O–H groups in total. The Bertz CT molecular complexity index is 280. The summed E-state index contributed by atoms with van der Waals surface area (Å²) in [5.74, 6) is 0. The van der Waals surface area contributed by atoms with E-state index in [-0.39, 0.29) is 12.6 Å². The van der Waals surface area contributed by atoms with Gasteiger partial charge in [-0.2, -0.15) is 5.10 Å². The van der Waals surface area contributed by atoms with Crippen LogP contribution in [0.2, 0.25) is 0 Å². The molecule has 1 atom stereocenters. The SMILES string of the molecule is Cc1cc(C(CO)NC2CC2)n[nH]1. The summed E-state index contributed by atoms with van der Waals surface area (Å²) < 4.78 is 0. The van der Waals surface area contributed by atoms with Crippen molar-refractivity contribution in [1.82, 2.24) is 15.5 Å². The van der Waals surface area contributed by atoms with Gasteiger partial charge in [-0.1, -0.05) is 0 Å². The third-order valence-electron chi connectivity index (χ3n) is 2.28. The van der Waals surface area contributed by atoms with Crippen LogP contribution in [-0.2, 0) is 0 Å². The molecule has 0 saturated heterocycles. The summed E-state index contributed by atoms with van der Waals surface area (Å²) in [6.07, 6.45) is 2.44. The largest absolute Gasteiger partial charge is 0.394 e. The van der Waals surface area contributed by atoms with Crippen molar-refractivity contribution in [3.63, 3.8) is 0 Å². The van der Waals surface area contributed by atoms with Gasteiger partial charge in [0.2, 0.25) is 0 Å². The van der Waals surface area contributed by atoms with Gasteiger partial charge in [0.05, 0.1) is 18.3 Å². The lowest BCUT2D eigenvalue weighted by Crippen LogP contribution is -2.26. The number of hydrogen-bond donors (Lipinski definition) is 3. The molecule has 1 unspecified atom stereocenters. The Hall–Kier alpha value is -0.870. The molecule has 0 aromatic carbocycles. The second-order valence-corrected chi connectivity index (χ2v) is 3.65. The van der Waals surface area contributed by atoms with Crippen LogP contribution in [0.5, 0.6) is 0 Å². The van der Waals surface area contributed by atoms with E-state index in [9.17, 15) is 0 Å². The smallest absolute Gasteiger partial charge is 0.0817 e. The van der Waals surface area contributed by atoms with Crippen LogP contribution >= 0.6 is 0 Å². The number of aromatic nitrogens is 2. The number of aromatic amines is 1. The maximum absolute atomic E-state index is 9.15. The third-order valence-corrected chi connectivity index (χ3v) is 2.28. The molecule has 1 heterocycles. The van der Waals surface area contributed by atoms with Crippen molar-refractivity contribution >= 4 is 0 Å². The zero-order valence-corrected chi connectivity index (χ0v) is 7.75. The number of aliphatic hydroxyl groups is 1. The molecule has 0 amide bonds. The highest BCUT2D eigenvalue weighted by Gasteiger charge is 2.25. The van der Waals surface area contributed by atoms with Crippen LogP contribution in [-0.4, -0.2) is 28.0 Å². The van der Waals surface area contributed by atoms with E-state index >= 15 is 0 Å². The highest BCUT2D eigenvalue weighted by atomic mass is 16.3. The Kier molecular flexibility index (Phi) is 2.33. The molecule has 1 aliphatic rings. The van der Waals surface area contributed by atoms with Crippen LogP contribution in [0.15, 0.2) is 6.07 Å². The van der Waals surface area contributed by atoms with Gasteiger partial charge in [-0.05, 0) is 25.8 Å². The number of H-pyrrole nitrogens is 1. The Balaban J connectivity index is 2.01. The minimum absolute atomic E-state index is 0.00236. The number of aryl methyl sites for hydroxylation is 1. The Morgan fingerprint density at radius 1 is 1.77 bits per heavy atom. The molecule has 4 nitrogen and oxygen atoms in total. The minimum atomic E-state index is -0.00236. The lowest BCUT2D eigenvalue weighted by atomic mass is 10.2. The summed E-state index contributed by atoms with van der Waals surface area (Å²) >= 11 is 0. The van der Waals surface area contributed by atoms with Crippen LogP contribution in [0.3, 0.4) is 0 Å². The van der Waals surface area contributed by atoms with Gasteiger partial charge in [-0.3, -0.25) is 5.10 Å². The summed E-state index contributed by atoms with van der Waals surface area (Å²) in [5.41, 5.74) is 1.94. The summed E-state index contributed by atoms with van der Waals surface area (Å²) in [6, 6.07) is 2.56. The van der Waals surface area contributed by atoms with Gasteiger partial charge < -0.3 is 10.4 Å². The van der Waals surface area contributed by atoms with E-state index in [4.69, 9.17) is 5.11 Å². The molecule has 0 radical (unpaired) electrons. The van der Waals surface area contributed by atoms with E-state index in [1.165, 1.54) is 12.8 Å². The van der Waals surface area contributed by atoms with Gasteiger partial charge >= 0.3 is 0 Å². The molecule has 4 heteroatoms. The minimum Gasteiger partial charge on any atom is -0.394 e. The molecule has 0 aliphatic heterocycles. The normalized spacial score (nSPS) is 18.9. The summed E-state index contributed by atoms with van der Waals surface area (Å²) in [6.45, 7) is 2.07. The lowest BCUT2D eigenvalue weighted by molar-refractivity contribution is 0.241. The molecule has 2 rings (SSSR count). The standard InChI is InChI=1S/C9H15N3O/c1-6-4-8(12-11-6)9(5-13)10-7-2-3-7/h4,7,9-10,13H,2-3,5H2,1H3,(H,11,12). The molecule has 1 aromatic heterocycles. The fraction of sp³-hybridized carbons (Fsp3) is 0.667. The zero-order chi connectivity index (χ0) is 9.26. The van der Waals surface area contributed by atoms with Crippen molar-refractivity contribution in [3.8, 4) is 0 Å². The van der Waals surface area contributed by atoms with E-state index in [1.807, 2.05) is 13.0 Å². The van der Waals surface area contributed by atoms with Crippen molar-refractivity contribution in [2.45, 2.75) is 31.8 Å². The topological polar surface area (TPSA) is 60.9 Å². The predicted octanol–water partition coefficient (Wildman–Crippen LogP) is 0.504. The van der Waals surface area contributed by atoms with E-state index in [2.05, 4.69) is 15.5 Å².